The zero-order chi connectivity index (χ0) is 26.0. The zero-order valence-electron chi connectivity index (χ0n) is 20.5. The topological polar surface area (TPSA) is 79.3 Å². The van der Waals surface area contributed by atoms with Crippen LogP contribution in [0.5, 0.6) is 11.5 Å². The predicted molar refractivity (Wildman–Crippen MR) is 135 cm³/mol. The number of hydrogen-bond donors (Lipinski definition) is 1. The Morgan fingerprint density at radius 3 is 2.22 bits per heavy atom. The van der Waals surface area contributed by atoms with Crippen LogP contribution >= 0.6 is 0 Å². The Morgan fingerprint density at radius 2 is 1.64 bits per heavy atom. The maximum Gasteiger partial charge on any atom is 0.295 e. The Hall–Kier alpha value is -4.33. The van der Waals surface area contributed by atoms with Gasteiger partial charge >= 0.3 is 0 Å². The minimum absolute atomic E-state index is 0.00476. The number of ether oxygens (including phenoxy) is 2. The van der Waals surface area contributed by atoms with Crippen molar-refractivity contribution in [1.29, 1.82) is 0 Å². The fourth-order valence-corrected chi connectivity index (χ4v) is 4.28. The molecule has 1 saturated heterocycles. The minimum Gasteiger partial charge on any atom is -0.507 e. The average Bonchev–Trinajstić information content (AvgIpc) is 3.13. The molecule has 3 aromatic rings. The van der Waals surface area contributed by atoms with Crippen molar-refractivity contribution in [2.45, 2.75) is 12.6 Å². The van der Waals surface area contributed by atoms with Crippen molar-refractivity contribution in [3.05, 3.63) is 94.8 Å². The molecule has 7 nitrogen and oxygen atoms in total. The van der Waals surface area contributed by atoms with Crippen LogP contribution in [-0.4, -0.2) is 50.0 Å². The van der Waals surface area contributed by atoms with Crippen LogP contribution < -0.4 is 14.4 Å². The summed E-state index contributed by atoms with van der Waals surface area (Å²) < 4.78 is 24.6. The van der Waals surface area contributed by atoms with Crippen molar-refractivity contribution in [3.63, 3.8) is 0 Å². The summed E-state index contributed by atoms with van der Waals surface area (Å²) in [5.41, 5.74) is 2.20. The molecule has 0 spiro atoms. The lowest BCUT2D eigenvalue weighted by Crippen LogP contribution is -2.29. The number of carbonyl (C=O) groups is 2. The number of anilines is 1. The molecule has 0 aliphatic carbocycles. The van der Waals surface area contributed by atoms with Gasteiger partial charge in [0.05, 0.1) is 31.4 Å². The SMILES string of the molecule is COc1ccc(CN2C(=O)C(=O)/C(=C(/O)c3cc(F)ccc3OC)C2c2ccc(N(C)C)cc2)cc1. The molecular formula is C28H27FN2O5. The van der Waals surface area contributed by atoms with Gasteiger partial charge in [0.25, 0.3) is 11.7 Å². The number of halogens is 1. The fourth-order valence-electron chi connectivity index (χ4n) is 4.28. The van der Waals surface area contributed by atoms with E-state index in [9.17, 15) is 19.1 Å². The van der Waals surface area contributed by atoms with Gasteiger partial charge in [-0.3, -0.25) is 9.59 Å². The maximum absolute atomic E-state index is 14.1. The Bertz CT molecular complexity index is 1320. The van der Waals surface area contributed by atoms with E-state index in [1.165, 1.54) is 24.1 Å². The number of hydrogen-bond acceptors (Lipinski definition) is 6. The van der Waals surface area contributed by atoms with Crippen LogP contribution in [0.2, 0.25) is 0 Å². The first-order valence-electron chi connectivity index (χ1n) is 11.3. The molecule has 1 aliphatic heterocycles. The zero-order valence-corrected chi connectivity index (χ0v) is 20.5. The second-order valence-electron chi connectivity index (χ2n) is 8.61. The minimum atomic E-state index is -0.892. The number of amides is 1. The standard InChI is InChI=1S/C28H27FN2O5/c1-30(2)20-10-7-18(8-11-20)25-24(26(32)22-15-19(29)9-14-23(22)36-4)27(33)28(34)31(25)16-17-5-12-21(35-3)13-6-17/h5-15,25,32H,16H2,1-4H3/b26-24+. The third-order valence-corrected chi connectivity index (χ3v) is 6.19. The molecule has 1 atom stereocenters. The van der Waals surface area contributed by atoms with E-state index in [4.69, 9.17) is 9.47 Å². The van der Waals surface area contributed by atoms with Crippen molar-refractivity contribution in [1.82, 2.24) is 4.90 Å². The summed E-state index contributed by atoms with van der Waals surface area (Å²) in [6.07, 6.45) is 0. The monoisotopic (exact) mass is 490 g/mol. The first-order valence-corrected chi connectivity index (χ1v) is 11.3. The van der Waals surface area contributed by atoms with E-state index in [-0.39, 0.29) is 23.4 Å². The van der Waals surface area contributed by atoms with Crippen LogP contribution in [-0.2, 0) is 16.1 Å². The number of methoxy groups -OCH3 is 2. The molecule has 8 heteroatoms. The highest BCUT2D eigenvalue weighted by molar-refractivity contribution is 6.46. The number of rotatable bonds is 7. The molecule has 1 aliphatic rings. The fraction of sp³-hybridized carbons (Fsp3) is 0.214. The number of likely N-dealkylation sites (tertiary alicyclic amines) is 1. The van der Waals surface area contributed by atoms with E-state index < -0.39 is 29.3 Å². The summed E-state index contributed by atoms with van der Waals surface area (Å²) in [6.45, 7) is 0.117. The van der Waals surface area contributed by atoms with Gasteiger partial charge in [-0.05, 0) is 53.6 Å². The Kier molecular flexibility index (Phi) is 6.96. The van der Waals surface area contributed by atoms with E-state index in [2.05, 4.69) is 0 Å². The summed E-state index contributed by atoms with van der Waals surface area (Å²) in [5, 5.41) is 11.3. The number of Topliss-reactive ketones (excluding diaryl/α,β-unsaturated/α-hetero) is 1. The third-order valence-electron chi connectivity index (χ3n) is 6.19. The van der Waals surface area contributed by atoms with Gasteiger partial charge in [-0.2, -0.15) is 0 Å². The van der Waals surface area contributed by atoms with Crippen molar-refractivity contribution < 1.29 is 28.6 Å². The Labute approximate surface area is 209 Å². The molecule has 3 aromatic carbocycles. The molecule has 0 aromatic heterocycles. The van der Waals surface area contributed by atoms with Gasteiger partial charge < -0.3 is 24.4 Å². The second-order valence-corrected chi connectivity index (χ2v) is 8.61. The molecule has 1 heterocycles. The van der Waals surface area contributed by atoms with Crippen LogP contribution in [0, 0.1) is 5.82 Å². The van der Waals surface area contributed by atoms with Crippen LogP contribution in [0.1, 0.15) is 22.7 Å². The van der Waals surface area contributed by atoms with Crippen LogP contribution in [0.4, 0.5) is 10.1 Å². The van der Waals surface area contributed by atoms with E-state index >= 15 is 0 Å². The van der Waals surface area contributed by atoms with Gasteiger partial charge in [-0.15, -0.1) is 0 Å². The molecule has 0 saturated carbocycles. The summed E-state index contributed by atoms with van der Waals surface area (Å²) in [6, 6.07) is 17.2. The number of carbonyl (C=O) groups excluding carboxylic acids is 2. The number of aliphatic hydroxyl groups is 1. The summed E-state index contributed by atoms with van der Waals surface area (Å²) in [4.78, 5) is 29.9. The molecule has 0 radical (unpaired) electrons. The predicted octanol–water partition coefficient (Wildman–Crippen LogP) is 4.53. The molecular weight excluding hydrogens is 463 g/mol. The quantitative estimate of drug-likeness (QED) is 0.298. The van der Waals surface area contributed by atoms with Crippen molar-refractivity contribution in [2.24, 2.45) is 0 Å². The highest BCUT2D eigenvalue weighted by Gasteiger charge is 2.46. The lowest BCUT2D eigenvalue weighted by molar-refractivity contribution is -0.140. The number of benzene rings is 3. The van der Waals surface area contributed by atoms with Gasteiger partial charge in [-0.1, -0.05) is 24.3 Å². The smallest absolute Gasteiger partial charge is 0.295 e. The highest BCUT2D eigenvalue weighted by Crippen LogP contribution is 2.42. The average molecular weight is 491 g/mol. The van der Waals surface area contributed by atoms with Gasteiger partial charge in [-0.25, -0.2) is 4.39 Å². The van der Waals surface area contributed by atoms with Crippen LogP contribution in [0.25, 0.3) is 5.76 Å². The first-order chi connectivity index (χ1) is 17.2. The summed E-state index contributed by atoms with van der Waals surface area (Å²) in [5.74, 6) is -1.88. The van der Waals surface area contributed by atoms with Crippen LogP contribution in [0.3, 0.4) is 0 Å². The van der Waals surface area contributed by atoms with Crippen LogP contribution in [0.15, 0.2) is 72.3 Å². The first kappa shape index (κ1) is 24.8. The summed E-state index contributed by atoms with van der Waals surface area (Å²) >= 11 is 0. The lowest BCUT2D eigenvalue weighted by Gasteiger charge is -2.26. The molecule has 36 heavy (non-hydrogen) atoms. The molecule has 186 valence electrons. The number of aliphatic hydroxyl groups excluding tert-OH is 1. The van der Waals surface area contributed by atoms with Crippen molar-refractivity contribution in [2.75, 3.05) is 33.2 Å². The number of nitrogens with zero attached hydrogens (tertiary/aromatic N) is 2. The van der Waals surface area contributed by atoms with E-state index in [0.717, 1.165) is 17.3 Å². The molecule has 1 amide bonds. The lowest BCUT2D eigenvalue weighted by atomic mass is 9.94. The van der Waals surface area contributed by atoms with E-state index in [0.29, 0.717) is 11.3 Å². The highest BCUT2D eigenvalue weighted by atomic mass is 19.1. The second kappa shape index (κ2) is 10.1. The molecule has 0 bridgehead atoms. The largest absolute Gasteiger partial charge is 0.507 e. The number of ketones is 1. The molecule has 1 N–H and O–H groups in total. The normalized spacial score (nSPS) is 16.8. The van der Waals surface area contributed by atoms with Gasteiger partial charge in [0, 0.05) is 26.3 Å². The van der Waals surface area contributed by atoms with E-state index in [1.54, 1.807) is 31.4 Å². The van der Waals surface area contributed by atoms with Gasteiger partial charge in [0.15, 0.2) is 0 Å². The summed E-state index contributed by atoms with van der Waals surface area (Å²) in [7, 11) is 6.75. The van der Waals surface area contributed by atoms with Crippen molar-refractivity contribution >= 4 is 23.1 Å². The van der Waals surface area contributed by atoms with Crippen molar-refractivity contribution in [3.8, 4) is 11.5 Å². The molecule has 1 fully saturated rings. The molecule has 4 rings (SSSR count). The van der Waals surface area contributed by atoms with Gasteiger partial charge in [0.1, 0.15) is 23.1 Å². The van der Waals surface area contributed by atoms with E-state index in [1.807, 2.05) is 43.3 Å². The third kappa shape index (κ3) is 4.62. The maximum atomic E-state index is 14.1. The Balaban J connectivity index is 1.87. The molecule has 1 unspecified atom stereocenters. The van der Waals surface area contributed by atoms with Gasteiger partial charge in [0.2, 0.25) is 0 Å². The Morgan fingerprint density at radius 1 is 0.972 bits per heavy atom.